The summed E-state index contributed by atoms with van der Waals surface area (Å²) in [5, 5.41) is 5.88. The zero-order valence-electron chi connectivity index (χ0n) is 8.44. The monoisotopic (exact) mass is 248 g/mol. The second-order valence-electron chi connectivity index (χ2n) is 2.96. The highest BCUT2D eigenvalue weighted by atomic mass is 32.2. The largest absolute Gasteiger partial charge is 0.508 e. The van der Waals surface area contributed by atoms with Crippen molar-refractivity contribution in [2.24, 2.45) is 0 Å². The number of carbonyl (C=O) groups is 1. The van der Waals surface area contributed by atoms with E-state index in [9.17, 15) is 13.6 Å². The zero-order chi connectivity index (χ0) is 12.2. The van der Waals surface area contributed by atoms with E-state index in [0.29, 0.717) is 11.8 Å². The van der Waals surface area contributed by atoms with Crippen molar-refractivity contribution in [2.75, 3.05) is 12.9 Å². The van der Waals surface area contributed by atoms with Gasteiger partial charge in [0, 0.05) is 0 Å². The summed E-state index contributed by atoms with van der Waals surface area (Å²) in [6, 6.07) is 5.16. The van der Waals surface area contributed by atoms with Crippen LogP contribution in [0, 0.1) is 0 Å². The molecule has 0 heterocycles. The molecule has 0 amide bonds. The Morgan fingerprint density at radius 2 is 2.00 bits per heavy atom. The van der Waals surface area contributed by atoms with Gasteiger partial charge in [-0.2, -0.15) is 8.78 Å². The van der Waals surface area contributed by atoms with Gasteiger partial charge >= 0.3 is 11.2 Å². The van der Waals surface area contributed by atoms with E-state index in [1.54, 1.807) is 0 Å². The molecule has 1 aromatic rings. The van der Waals surface area contributed by atoms with Crippen LogP contribution < -0.4 is 0 Å². The molecular weight excluding hydrogens is 238 g/mol. The maximum absolute atomic E-state index is 12.7. The summed E-state index contributed by atoms with van der Waals surface area (Å²) in [5.74, 6) is -0.847. The summed E-state index contributed by atoms with van der Waals surface area (Å²) in [4.78, 5) is 11.3. The Morgan fingerprint density at radius 3 is 2.50 bits per heavy atom. The van der Waals surface area contributed by atoms with E-state index in [0.717, 1.165) is 0 Å². The number of hydrogen-bond acceptors (Lipinski definition) is 4. The van der Waals surface area contributed by atoms with Gasteiger partial charge < -0.3 is 9.84 Å². The molecule has 0 saturated carbocycles. The molecule has 0 fully saturated rings. The Bertz CT molecular complexity index is 365. The number of alkyl halides is 2. The standard InChI is InChI=1S/C10H10F2O3S/c1-16-10(11,12)6-15-9(14)7-2-4-8(13)5-3-7/h2-5,13H,6H2,1H3. The summed E-state index contributed by atoms with van der Waals surface area (Å²) >= 11 is 0.316. The van der Waals surface area contributed by atoms with E-state index in [1.165, 1.54) is 30.5 Å². The summed E-state index contributed by atoms with van der Waals surface area (Å²) in [7, 11) is 0. The lowest BCUT2D eigenvalue weighted by molar-refractivity contribution is 0.000161. The molecule has 88 valence electrons. The topological polar surface area (TPSA) is 46.5 Å². The number of rotatable bonds is 4. The number of aromatic hydroxyl groups is 1. The van der Waals surface area contributed by atoms with E-state index in [1.807, 2.05) is 0 Å². The quantitative estimate of drug-likeness (QED) is 0.832. The Kier molecular flexibility index (Phi) is 4.12. The third-order valence-electron chi connectivity index (χ3n) is 1.77. The lowest BCUT2D eigenvalue weighted by atomic mass is 10.2. The molecule has 0 saturated heterocycles. The Balaban J connectivity index is 2.56. The number of phenols is 1. The fourth-order valence-electron chi connectivity index (χ4n) is 0.889. The summed E-state index contributed by atoms with van der Waals surface area (Å²) in [5.41, 5.74) is 0.120. The number of hydrogen-bond donors (Lipinski definition) is 1. The molecule has 0 spiro atoms. The smallest absolute Gasteiger partial charge is 0.338 e. The summed E-state index contributed by atoms with van der Waals surface area (Å²) in [6.07, 6.45) is 1.23. The predicted octanol–water partition coefficient (Wildman–Crippen LogP) is 2.50. The minimum Gasteiger partial charge on any atom is -0.508 e. The first-order valence-corrected chi connectivity index (χ1v) is 5.56. The van der Waals surface area contributed by atoms with Crippen molar-refractivity contribution in [2.45, 2.75) is 5.25 Å². The predicted molar refractivity (Wildman–Crippen MR) is 56.9 cm³/mol. The Morgan fingerprint density at radius 1 is 1.44 bits per heavy atom. The van der Waals surface area contributed by atoms with Crippen LogP contribution in [-0.4, -0.2) is 29.2 Å². The highest BCUT2D eigenvalue weighted by molar-refractivity contribution is 7.99. The molecule has 3 nitrogen and oxygen atoms in total. The Labute approximate surface area is 95.4 Å². The fraction of sp³-hybridized carbons (Fsp3) is 0.300. The number of phenolic OH excluding ortho intramolecular Hbond substituents is 1. The zero-order valence-corrected chi connectivity index (χ0v) is 9.26. The molecule has 1 rings (SSSR count). The average Bonchev–Trinajstić information content (AvgIpc) is 2.27. The highest BCUT2D eigenvalue weighted by Crippen LogP contribution is 2.26. The summed E-state index contributed by atoms with van der Waals surface area (Å²) < 4.78 is 29.9. The first-order chi connectivity index (χ1) is 7.44. The molecule has 1 aromatic carbocycles. The van der Waals surface area contributed by atoms with Crippen LogP contribution in [0.15, 0.2) is 24.3 Å². The van der Waals surface area contributed by atoms with Gasteiger partial charge in [-0.1, -0.05) is 11.8 Å². The molecule has 0 aromatic heterocycles. The average molecular weight is 248 g/mol. The number of halogens is 2. The molecule has 0 aliphatic rings. The van der Waals surface area contributed by atoms with Crippen molar-refractivity contribution >= 4 is 17.7 Å². The van der Waals surface area contributed by atoms with Gasteiger partial charge in [0.05, 0.1) is 5.56 Å². The third-order valence-corrected chi connectivity index (χ3v) is 2.49. The lowest BCUT2D eigenvalue weighted by Gasteiger charge is -2.13. The molecular formula is C10H10F2O3S. The van der Waals surface area contributed by atoms with Crippen molar-refractivity contribution in [3.05, 3.63) is 29.8 Å². The van der Waals surface area contributed by atoms with Crippen molar-refractivity contribution in [3.63, 3.8) is 0 Å². The van der Waals surface area contributed by atoms with Gasteiger partial charge in [0.2, 0.25) is 0 Å². The molecule has 0 atom stereocenters. The van der Waals surface area contributed by atoms with E-state index in [4.69, 9.17) is 5.11 Å². The molecule has 16 heavy (non-hydrogen) atoms. The summed E-state index contributed by atoms with van der Waals surface area (Å²) in [6.45, 7) is -0.964. The van der Waals surface area contributed by atoms with Crippen LogP contribution in [0.3, 0.4) is 0 Å². The number of benzene rings is 1. The van der Waals surface area contributed by atoms with Crippen molar-refractivity contribution < 1.29 is 23.4 Å². The van der Waals surface area contributed by atoms with E-state index >= 15 is 0 Å². The van der Waals surface area contributed by atoms with Crippen LogP contribution in [0.2, 0.25) is 0 Å². The van der Waals surface area contributed by atoms with Crippen LogP contribution >= 0.6 is 11.8 Å². The lowest BCUT2D eigenvalue weighted by Crippen LogP contribution is -2.21. The number of ether oxygens (including phenoxy) is 1. The molecule has 0 bridgehead atoms. The van der Waals surface area contributed by atoms with E-state index in [-0.39, 0.29) is 11.3 Å². The van der Waals surface area contributed by atoms with Gasteiger partial charge in [-0.3, -0.25) is 0 Å². The maximum Gasteiger partial charge on any atom is 0.338 e. The molecule has 6 heteroatoms. The van der Waals surface area contributed by atoms with Crippen LogP contribution in [0.4, 0.5) is 8.78 Å². The van der Waals surface area contributed by atoms with Gasteiger partial charge in [0.25, 0.3) is 0 Å². The van der Waals surface area contributed by atoms with Crippen molar-refractivity contribution in [1.82, 2.24) is 0 Å². The first-order valence-electron chi connectivity index (χ1n) is 4.34. The number of esters is 1. The van der Waals surface area contributed by atoms with Crippen LogP contribution in [0.25, 0.3) is 0 Å². The van der Waals surface area contributed by atoms with Gasteiger partial charge in [0.15, 0.2) is 6.61 Å². The maximum atomic E-state index is 12.7. The minimum atomic E-state index is -3.08. The SMILES string of the molecule is CSC(F)(F)COC(=O)c1ccc(O)cc1. The van der Waals surface area contributed by atoms with E-state index in [2.05, 4.69) is 4.74 Å². The Hall–Kier alpha value is -1.30. The fourth-order valence-corrected chi connectivity index (χ4v) is 1.07. The third kappa shape index (κ3) is 3.69. The normalized spacial score (nSPS) is 11.2. The van der Waals surface area contributed by atoms with Gasteiger partial charge in [0.1, 0.15) is 5.75 Å². The second-order valence-corrected chi connectivity index (χ2v) is 3.97. The van der Waals surface area contributed by atoms with Crippen molar-refractivity contribution in [3.8, 4) is 5.75 Å². The van der Waals surface area contributed by atoms with Crippen LogP contribution in [-0.2, 0) is 4.74 Å². The minimum absolute atomic E-state index is 0.00834. The van der Waals surface area contributed by atoms with Crippen LogP contribution in [0.1, 0.15) is 10.4 Å². The molecule has 1 N–H and O–H groups in total. The number of thioether (sulfide) groups is 1. The molecule has 0 aliphatic carbocycles. The van der Waals surface area contributed by atoms with E-state index < -0.39 is 17.8 Å². The van der Waals surface area contributed by atoms with Gasteiger partial charge in [-0.05, 0) is 30.5 Å². The molecule has 0 unspecified atom stereocenters. The highest BCUT2D eigenvalue weighted by Gasteiger charge is 2.29. The number of carbonyl (C=O) groups excluding carboxylic acids is 1. The van der Waals surface area contributed by atoms with Gasteiger partial charge in [-0.25, -0.2) is 4.79 Å². The first kappa shape index (κ1) is 12.8. The molecule has 0 radical (unpaired) electrons. The van der Waals surface area contributed by atoms with Crippen LogP contribution in [0.5, 0.6) is 5.75 Å². The van der Waals surface area contributed by atoms with Gasteiger partial charge in [-0.15, -0.1) is 0 Å². The molecule has 0 aliphatic heterocycles. The van der Waals surface area contributed by atoms with Crippen molar-refractivity contribution in [1.29, 1.82) is 0 Å². The second kappa shape index (κ2) is 5.16.